The summed E-state index contributed by atoms with van der Waals surface area (Å²) in [6.45, 7) is 1.08. The molecule has 0 unspecified atom stereocenters. The number of carboxylic acid groups (broad SMARTS) is 1. The highest BCUT2D eigenvalue weighted by Gasteiger charge is 1.65. The van der Waals surface area contributed by atoms with Gasteiger partial charge in [0.2, 0.25) is 0 Å². The molecule has 5 heavy (non-hydrogen) atoms. The molecule has 3 nitrogen and oxygen atoms in total. The topological polar surface area (TPSA) is 72.3 Å². The molecule has 0 aromatic carbocycles. The molecule has 4 N–H and O–H groups in total. The lowest BCUT2D eigenvalue weighted by molar-refractivity contribution is -0.134. The van der Waals surface area contributed by atoms with Crippen LogP contribution in [0.25, 0.3) is 0 Å². The molecule has 0 heterocycles. The van der Waals surface area contributed by atoms with Gasteiger partial charge < -0.3 is 11.3 Å². The number of aliphatic carboxylic acids is 1. The van der Waals surface area contributed by atoms with Gasteiger partial charge in [-0.05, 0) is 0 Å². The molecule has 0 saturated heterocycles. The summed E-state index contributed by atoms with van der Waals surface area (Å²) in [5.74, 6) is -0.833. The van der Waals surface area contributed by atoms with Crippen molar-refractivity contribution < 1.29 is 9.90 Å². The molecule has 0 spiro atoms. The van der Waals surface area contributed by atoms with E-state index in [4.69, 9.17) is 9.90 Å². The summed E-state index contributed by atoms with van der Waals surface area (Å²) in [5, 5.41) is 7.42. The van der Waals surface area contributed by atoms with E-state index in [1.54, 1.807) is 0 Å². The Kier molecular flexibility index (Phi) is 6.05. The minimum Gasteiger partial charge on any atom is -0.481 e. The minimum atomic E-state index is -0.833. The molecule has 0 atom stereocenters. The van der Waals surface area contributed by atoms with Gasteiger partial charge in [0.1, 0.15) is 0 Å². The molecule has 3 heteroatoms. The fraction of sp³-hybridized carbons (Fsp3) is 0.500. The lowest BCUT2D eigenvalue weighted by Gasteiger charge is -1.59. The van der Waals surface area contributed by atoms with Crippen LogP contribution in [-0.4, -0.2) is 11.1 Å². The van der Waals surface area contributed by atoms with Crippen molar-refractivity contribution in [3.63, 3.8) is 0 Å². The zero-order chi connectivity index (χ0) is 3.58. The van der Waals surface area contributed by atoms with Crippen LogP contribution in [-0.2, 0) is 4.79 Å². The van der Waals surface area contributed by atoms with Crippen molar-refractivity contribution in [2.24, 2.45) is 0 Å². The second-order valence-corrected chi connectivity index (χ2v) is 0.519. The van der Waals surface area contributed by atoms with E-state index in [1.165, 1.54) is 0 Å². The van der Waals surface area contributed by atoms with Gasteiger partial charge in [-0.25, -0.2) is 0 Å². The Bertz CT molecular complexity index is 30.6. The van der Waals surface area contributed by atoms with Crippen LogP contribution in [0.5, 0.6) is 0 Å². The van der Waals surface area contributed by atoms with Gasteiger partial charge in [-0.15, -0.1) is 0 Å². The largest absolute Gasteiger partial charge is 0.481 e. The van der Waals surface area contributed by atoms with Crippen LogP contribution in [0.3, 0.4) is 0 Å². The van der Waals surface area contributed by atoms with Gasteiger partial charge in [0, 0.05) is 6.92 Å². The second kappa shape index (κ2) is 3.43. The smallest absolute Gasteiger partial charge is 0.300 e. The Morgan fingerprint density at radius 3 is 1.80 bits per heavy atom. The van der Waals surface area contributed by atoms with Gasteiger partial charge >= 0.3 is 0 Å². The number of hydrogen-bond donors (Lipinski definition) is 2. The Morgan fingerprint density at radius 2 is 1.80 bits per heavy atom. The van der Waals surface area contributed by atoms with E-state index in [0.29, 0.717) is 0 Å². The van der Waals surface area contributed by atoms with Gasteiger partial charge in [-0.1, -0.05) is 0 Å². The van der Waals surface area contributed by atoms with Gasteiger partial charge in [-0.3, -0.25) is 4.79 Å². The van der Waals surface area contributed by atoms with Gasteiger partial charge in [0.15, 0.2) is 0 Å². The molecule has 0 saturated carbocycles. The number of hydrogen-bond acceptors (Lipinski definition) is 2. The summed E-state index contributed by atoms with van der Waals surface area (Å²) >= 11 is 0. The zero-order valence-electron chi connectivity index (χ0n) is 3.06. The summed E-state index contributed by atoms with van der Waals surface area (Å²) in [7, 11) is 0. The first-order valence-electron chi connectivity index (χ1n) is 0.928. The van der Waals surface area contributed by atoms with E-state index >= 15 is 0 Å². The third-order valence-corrected chi connectivity index (χ3v) is 0. The van der Waals surface area contributed by atoms with Gasteiger partial charge in [0.05, 0.1) is 0 Å². The van der Waals surface area contributed by atoms with Crippen molar-refractivity contribution in [3.05, 3.63) is 0 Å². The molecule has 0 aliphatic rings. The predicted octanol–water partition coefficient (Wildman–Crippen LogP) is 0.253. The summed E-state index contributed by atoms with van der Waals surface area (Å²) in [5.41, 5.74) is 0. The van der Waals surface area contributed by atoms with Crippen LogP contribution in [0.4, 0.5) is 0 Å². The van der Waals surface area contributed by atoms with Gasteiger partial charge in [0.25, 0.3) is 5.97 Å². The highest BCUT2D eigenvalue weighted by atomic mass is 16.5. The van der Waals surface area contributed by atoms with E-state index in [9.17, 15) is 0 Å². The fourth-order valence-electron chi connectivity index (χ4n) is 0. The molecule has 0 aliphatic carbocycles. The molecule has 0 fully saturated rings. The first-order valence-corrected chi connectivity index (χ1v) is 0.928. The first kappa shape index (κ1) is 8.83. The lowest BCUT2D eigenvalue weighted by Crippen LogP contribution is -1.78. The molecule has 0 amide bonds. The number of carbonyl (C=O) groups is 1. The Labute approximate surface area is 30.2 Å². The third-order valence-electron chi connectivity index (χ3n) is 0. The highest BCUT2D eigenvalue weighted by Crippen LogP contribution is 1.42. The Morgan fingerprint density at radius 1 is 1.80 bits per heavy atom. The standard InChI is InChI=1S/C2H4O2.H3N/c1-2(3)4;/h1H3,(H,3,4);1H3/i1+1,2+1;1+1. The minimum absolute atomic E-state index is 0. The number of rotatable bonds is 0. The molecular weight excluding hydrogens is 73.0 g/mol. The Hall–Kier alpha value is -0.570. The summed E-state index contributed by atoms with van der Waals surface area (Å²) in [6, 6.07) is 0. The fourth-order valence-corrected chi connectivity index (χ4v) is 0. The molecule has 32 valence electrons. The van der Waals surface area contributed by atoms with E-state index in [-0.39, 0.29) is 6.15 Å². The summed E-state index contributed by atoms with van der Waals surface area (Å²) in [4.78, 5) is 9.00. The predicted molar refractivity (Wildman–Crippen MR) is 18.3 cm³/mol. The molecular formula is C2H7NO2. The maximum absolute atomic E-state index is 9.00. The maximum atomic E-state index is 9.00. The van der Waals surface area contributed by atoms with E-state index < -0.39 is 5.97 Å². The average molecular weight is 80.1 g/mol. The average Bonchev–Trinajstić information content (AvgIpc) is 0.811. The number of carboxylic acids is 1. The summed E-state index contributed by atoms with van der Waals surface area (Å²) < 4.78 is 0. The maximum Gasteiger partial charge on any atom is 0.300 e. The monoisotopic (exact) mass is 80.1 g/mol. The third kappa shape index (κ3) is 21.6. The molecule has 0 rings (SSSR count). The van der Waals surface area contributed by atoms with Crippen LogP contribution in [0.1, 0.15) is 6.92 Å². The van der Waals surface area contributed by atoms with Crippen molar-refractivity contribution in [2.75, 3.05) is 0 Å². The molecule has 0 aromatic heterocycles. The van der Waals surface area contributed by atoms with Crippen molar-refractivity contribution in [2.45, 2.75) is 6.92 Å². The van der Waals surface area contributed by atoms with E-state index in [0.717, 1.165) is 6.92 Å². The second-order valence-electron chi connectivity index (χ2n) is 0.519. The van der Waals surface area contributed by atoms with Crippen molar-refractivity contribution in [1.82, 2.24) is 6.15 Å². The zero-order valence-corrected chi connectivity index (χ0v) is 3.06. The van der Waals surface area contributed by atoms with Crippen molar-refractivity contribution in [3.8, 4) is 0 Å². The van der Waals surface area contributed by atoms with E-state index in [2.05, 4.69) is 0 Å². The molecule has 0 bridgehead atoms. The van der Waals surface area contributed by atoms with Crippen LogP contribution < -0.4 is 6.15 Å². The molecule has 0 radical (unpaired) electrons. The quantitative estimate of drug-likeness (QED) is 0.323. The lowest BCUT2D eigenvalue weighted by atomic mass is 11.8. The van der Waals surface area contributed by atoms with Gasteiger partial charge in [-0.2, -0.15) is 0 Å². The normalized spacial score (nSPS) is 5.00. The highest BCUT2D eigenvalue weighted by molar-refractivity contribution is 5.62. The SMILES string of the molecule is [13CH3][13C](=O)O.[15NH3]. The van der Waals surface area contributed by atoms with Crippen LogP contribution in [0.2, 0.25) is 0 Å². The molecule has 0 aliphatic heterocycles. The van der Waals surface area contributed by atoms with Crippen molar-refractivity contribution in [1.29, 1.82) is 0 Å². The first-order chi connectivity index (χ1) is 1.73. The van der Waals surface area contributed by atoms with Crippen LogP contribution in [0.15, 0.2) is 0 Å². The van der Waals surface area contributed by atoms with Crippen LogP contribution in [0, 0.1) is 0 Å². The van der Waals surface area contributed by atoms with Crippen molar-refractivity contribution >= 4 is 5.97 Å². The van der Waals surface area contributed by atoms with Crippen LogP contribution >= 0.6 is 0 Å². The summed E-state index contributed by atoms with van der Waals surface area (Å²) in [6.07, 6.45) is 0. The molecule has 0 aromatic rings. The van der Waals surface area contributed by atoms with E-state index in [1.807, 2.05) is 0 Å². The Balaban J connectivity index is 0.